The smallest absolute Gasteiger partial charge is 0.137 e. The van der Waals surface area contributed by atoms with Crippen LogP contribution in [-0.2, 0) is 6.42 Å². The average molecular weight is 251 g/mol. The fourth-order valence-electron chi connectivity index (χ4n) is 2.02. The van der Waals surface area contributed by atoms with Crippen LogP contribution in [0.1, 0.15) is 25.8 Å². The molecule has 0 aliphatic rings. The molecule has 0 atom stereocenters. The van der Waals surface area contributed by atoms with Gasteiger partial charge in [0.25, 0.3) is 0 Å². The maximum absolute atomic E-state index is 5.92. The molecule has 5 heteroatoms. The van der Waals surface area contributed by atoms with Gasteiger partial charge in [0.2, 0.25) is 0 Å². The van der Waals surface area contributed by atoms with Gasteiger partial charge in [0.05, 0.1) is 0 Å². The van der Waals surface area contributed by atoms with Gasteiger partial charge >= 0.3 is 0 Å². The SMILES string of the molecule is CCc1c(N)ncnc1N(CC)CCCN(C)C. The van der Waals surface area contributed by atoms with E-state index in [1.807, 2.05) is 0 Å². The van der Waals surface area contributed by atoms with Crippen molar-refractivity contribution in [3.05, 3.63) is 11.9 Å². The number of nitrogens with zero attached hydrogens (tertiary/aromatic N) is 4. The van der Waals surface area contributed by atoms with Crippen LogP contribution >= 0.6 is 0 Å². The molecule has 0 saturated heterocycles. The number of aromatic nitrogens is 2. The Labute approximate surface area is 110 Å². The largest absolute Gasteiger partial charge is 0.383 e. The number of rotatable bonds is 7. The lowest BCUT2D eigenvalue weighted by Crippen LogP contribution is -2.29. The van der Waals surface area contributed by atoms with Crippen molar-refractivity contribution in [2.24, 2.45) is 0 Å². The Morgan fingerprint density at radius 2 is 1.89 bits per heavy atom. The zero-order valence-corrected chi connectivity index (χ0v) is 12.0. The van der Waals surface area contributed by atoms with Crippen molar-refractivity contribution in [3.8, 4) is 0 Å². The molecule has 0 bridgehead atoms. The van der Waals surface area contributed by atoms with Crippen LogP contribution in [-0.4, -0.2) is 48.6 Å². The number of anilines is 2. The summed E-state index contributed by atoms with van der Waals surface area (Å²) in [5, 5.41) is 0. The van der Waals surface area contributed by atoms with Gasteiger partial charge in [-0.05, 0) is 40.4 Å². The Hall–Kier alpha value is -1.36. The molecule has 0 fully saturated rings. The maximum atomic E-state index is 5.92. The minimum Gasteiger partial charge on any atom is -0.383 e. The highest BCUT2D eigenvalue weighted by Crippen LogP contribution is 2.21. The summed E-state index contributed by atoms with van der Waals surface area (Å²) >= 11 is 0. The Balaban J connectivity index is 2.78. The normalized spacial score (nSPS) is 10.9. The molecule has 102 valence electrons. The molecule has 1 heterocycles. The van der Waals surface area contributed by atoms with E-state index in [1.54, 1.807) is 6.33 Å². The molecule has 0 amide bonds. The van der Waals surface area contributed by atoms with Gasteiger partial charge in [-0.1, -0.05) is 6.92 Å². The van der Waals surface area contributed by atoms with Gasteiger partial charge in [0.15, 0.2) is 0 Å². The molecular formula is C13H25N5. The molecule has 0 aliphatic carbocycles. The molecule has 0 radical (unpaired) electrons. The number of hydrogen-bond acceptors (Lipinski definition) is 5. The molecule has 0 aromatic carbocycles. The second kappa shape index (κ2) is 7.16. The monoisotopic (exact) mass is 251 g/mol. The molecule has 0 unspecified atom stereocenters. The summed E-state index contributed by atoms with van der Waals surface area (Å²) in [6.45, 7) is 7.26. The van der Waals surface area contributed by atoms with E-state index in [9.17, 15) is 0 Å². The van der Waals surface area contributed by atoms with Gasteiger partial charge in [-0.25, -0.2) is 9.97 Å². The summed E-state index contributed by atoms with van der Waals surface area (Å²) in [5.74, 6) is 1.60. The van der Waals surface area contributed by atoms with Crippen LogP contribution in [0.25, 0.3) is 0 Å². The molecule has 18 heavy (non-hydrogen) atoms. The summed E-state index contributed by atoms with van der Waals surface area (Å²) in [6, 6.07) is 0. The van der Waals surface area contributed by atoms with Gasteiger partial charge in [0, 0.05) is 18.7 Å². The van der Waals surface area contributed by atoms with Gasteiger partial charge in [-0.3, -0.25) is 0 Å². The number of nitrogen functional groups attached to an aromatic ring is 1. The minimum atomic E-state index is 0.605. The minimum absolute atomic E-state index is 0.605. The molecular weight excluding hydrogens is 226 g/mol. The molecule has 0 aliphatic heterocycles. The highest BCUT2D eigenvalue weighted by molar-refractivity contribution is 5.56. The van der Waals surface area contributed by atoms with Crippen LogP contribution in [0.3, 0.4) is 0 Å². The van der Waals surface area contributed by atoms with Crippen molar-refractivity contribution in [2.45, 2.75) is 26.7 Å². The van der Waals surface area contributed by atoms with Crippen LogP contribution in [0, 0.1) is 0 Å². The van der Waals surface area contributed by atoms with Crippen molar-refractivity contribution >= 4 is 11.6 Å². The first-order valence-corrected chi connectivity index (χ1v) is 6.59. The van der Waals surface area contributed by atoms with Crippen molar-refractivity contribution < 1.29 is 0 Å². The predicted octanol–water partition coefficient (Wildman–Crippen LogP) is 1.40. The summed E-state index contributed by atoms with van der Waals surface area (Å²) in [7, 11) is 4.19. The van der Waals surface area contributed by atoms with E-state index in [1.165, 1.54) is 0 Å². The van der Waals surface area contributed by atoms with Crippen LogP contribution in [0.2, 0.25) is 0 Å². The highest BCUT2D eigenvalue weighted by Gasteiger charge is 2.13. The molecule has 0 spiro atoms. The average Bonchev–Trinajstić information content (AvgIpc) is 2.34. The zero-order valence-electron chi connectivity index (χ0n) is 12.0. The van der Waals surface area contributed by atoms with Crippen LogP contribution in [0.5, 0.6) is 0 Å². The molecule has 5 nitrogen and oxygen atoms in total. The molecule has 1 aromatic heterocycles. The quantitative estimate of drug-likeness (QED) is 0.794. The third-order valence-corrected chi connectivity index (χ3v) is 3.02. The second-order valence-corrected chi connectivity index (χ2v) is 4.65. The van der Waals surface area contributed by atoms with Crippen LogP contribution in [0.4, 0.5) is 11.6 Å². The van der Waals surface area contributed by atoms with Gasteiger partial charge in [-0.2, -0.15) is 0 Å². The van der Waals surface area contributed by atoms with E-state index >= 15 is 0 Å². The lowest BCUT2D eigenvalue weighted by atomic mass is 10.2. The van der Waals surface area contributed by atoms with Crippen LogP contribution < -0.4 is 10.6 Å². The third kappa shape index (κ3) is 3.84. The second-order valence-electron chi connectivity index (χ2n) is 4.65. The van der Waals surface area contributed by atoms with E-state index in [-0.39, 0.29) is 0 Å². The predicted molar refractivity (Wildman–Crippen MR) is 76.9 cm³/mol. The van der Waals surface area contributed by atoms with Crippen molar-refractivity contribution in [2.75, 3.05) is 44.4 Å². The van der Waals surface area contributed by atoms with Crippen molar-refractivity contribution in [1.29, 1.82) is 0 Å². The lowest BCUT2D eigenvalue weighted by molar-refractivity contribution is 0.400. The summed E-state index contributed by atoms with van der Waals surface area (Å²) < 4.78 is 0. The highest BCUT2D eigenvalue weighted by atomic mass is 15.2. The zero-order chi connectivity index (χ0) is 13.5. The summed E-state index contributed by atoms with van der Waals surface area (Å²) in [5.41, 5.74) is 6.97. The number of nitrogens with two attached hydrogens (primary N) is 1. The van der Waals surface area contributed by atoms with Crippen molar-refractivity contribution in [3.63, 3.8) is 0 Å². The van der Waals surface area contributed by atoms with Gasteiger partial charge in [0.1, 0.15) is 18.0 Å². The topological polar surface area (TPSA) is 58.3 Å². The summed E-state index contributed by atoms with van der Waals surface area (Å²) in [6.07, 6.45) is 3.54. The number of hydrogen-bond donors (Lipinski definition) is 1. The maximum Gasteiger partial charge on any atom is 0.137 e. The van der Waals surface area contributed by atoms with Gasteiger partial charge < -0.3 is 15.5 Å². The van der Waals surface area contributed by atoms with Gasteiger partial charge in [-0.15, -0.1) is 0 Å². The standard InChI is InChI=1S/C13H25N5/c1-5-11-12(14)15-10-16-13(11)18(6-2)9-7-8-17(3)4/h10H,5-9H2,1-4H3,(H2,14,15,16). The van der Waals surface area contributed by atoms with Crippen molar-refractivity contribution in [1.82, 2.24) is 14.9 Å². The molecule has 1 rings (SSSR count). The molecule has 1 aromatic rings. The van der Waals surface area contributed by atoms with E-state index in [0.717, 1.165) is 43.9 Å². The Morgan fingerprint density at radius 3 is 2.44 bits per heavy atom. The first kappa shape index (κ1) is 14.7. The Morgan fingerprint density at radius 1 is 1.17 bits per heavy atom. The first-order valence-electron chi connectivity index (χ1n) is 6.59. The fraction of sp³-hybridized carbons (Fsp3) is 0.692. The van der Waals surface area contributed by atoms with Crippen LogP contribution in [0.15, 0.2) is 6.33 Å². The van der Waals surface area contributed by atoms with E-state index in [2.05, 4.69) is 47.7 Å². The molecule has 0 saturated carbocycles. The lowest BCUT2D eigenvalue weighted by Gasteiger charge is -2.25. The molecule has 2 N–H and O–H groups in total. The Kier molecular flexibility index (Phi) is 5.85. The Bertz CT molecular complexity index is 364. The fourth-order valence-corrected chi connectivity index (χ4v) is 2.02. The van der Waals surface area contributed by atoms with E-state index < -0.39 is 0 Å². The van der Waals surface area contributed by atoms with E-state index in [0.29, 0.717) is 5.82 Å². The summed E-state index contributed by atoms with van der Waals surface area (Å²) in [4.78, 5) is 12.9. The van der Waals surface area contributed by atoms with E-state index in [4.69, 9.17) is 5.73 Å². The third-order valence-electron chi connectivity index (χ3n) is 3.02. The first-order chi connectivity index (χ1) is 8.60.